The average molecular weight is 194 g/mol. The van der Waals surface area contributed by atoms with Gasteiger partial charge < -0.3 is 5.73 Å². The first-order valence-electron chi connectivity index (χ1n) is 5.18. The number of nitrogens with zero attached hydrogens (tertiary/aromatic N) is 1. The molecule has 0 aromatic carbocycles. The van der Waals surface area contributed by atoms with Gasteiger partial charge in [-0.1, -0.05) is 20.8 Å². The van der Waals surface area contributed by atoms with Gasteiger partial charge in [-0.05, 0) is 37.3 Å². The molecule has 0 spiro atoms. The number of nitrogens with two attached hydrogens (primary N) is 1. The van der Waals surface area contributed by atoms with Crippen LogP contribution in [0.5, 0.6) is 0 Å². The molecule has 0 saturated heterocycles. The number of hydrogen-bond acceptors (Lipinski definition) is 2. The van der Waals surface area contributed by atoms with Gasteiger partial charge in [0.05, 0.1) is 17.8 Å². The van der Waals surface area contributed by atoms with Crippen LogP contribution < -0.4 is 5.73 Å². The summed E-state index contributed by atoms with van der Waals surface area (Å²) in [5, 5.41) is 0. The van der Waals surface area contributed by atoms with E-state index in [0.717, 1.165) is 12.3 Å². The quantitative estimate of drug-likeness (QED) is 0.684. The van der Waals surface area contributed by atoms with Gasteiger partial charge in [0.25, 0.3) is 0 Å². The lowest BCUT2D eigenvalue weighted by Crippen LogP contribution is -2.44. The lowest BCUT2D eigenvalue weighted by atomic mass is 9.77. The molecule has 14 heavy (non-hydrogen) atoms. The van der Waals surface area contributed by atoms with Crippen molar-refractivity contribution in [3.8, 4) is 0 Å². The van der Waals surface area contributed by atoms with Gasteiger partial charge in [0.2, 0.25) is 0 Å². The second kappa shape index (κ2) is 3.20. The second-order valence-electron chi connectivity index (χ2n) is 5.79. The van der Waals surface area contributed by atoms with E-state index in [1.807, 2.05) is 13.8 Å². The Hall–Kier alpha value is -0.630. The van der Waals surface area contributed by atoms with Gasteiger partial charge >= 0.3 is 0 Å². The highest BCUT2D eigenvalue weighted by atomic mass is 14.9. The number of aliphatic imine (C=N–C) groups is 1. The van der Waals surface area contributed by atoms with Crippen LogP contribution in [-0.4, -0.2) is 17.8 Å². The van der Waals surface area contributed by atoms with Crippen LogP contribution in [0.25, 0.3) is 0 Å². The lowest BCUT2D eigenvalue weighted by Gasteiger charge is -2.30. The molecule has 0 bridgehead atoms. The van der Waals surface area contributed by atoms with Crippen LogP contribution in [0.2, 0.25) is 0 Å². The highest BCUT2D eigenvalue weighted by Gasteiger charge is 2.34. The van der Waals surface area contributed by atoms with Gasteiger partial charge in [0.1, 0.15) is 0 Å². The Morgan fingerprint density at radius 1 is 1.14 bits per heavy atom. The fourth-order valence-corrected chi connectivity index (χ4v) is 2.08. The van der Waals surface area contributed by atoms with Gasteiger partial charge in [-0.2, -0.15) is 0 Å². The first kappa shape index (κ1) is 11.4. The zero-order chi connectivity index (χ0) is 11.1. The third-order valence-corrected chi connectivity index (χ3v) is 2.50. The molecule has 0 unspecified atom stereocenters. The van der Waals surface area contributed by atoms with E-state index >= 15 is 0 Å². The summed E-state index contributed by atoms with van der Waals surface area (Å²) in [5.41, 5.74) is 9.76. The third-order valence-electron chi connectivity index (χ3n) is 2.50. The van der Waals surface area contributed by atoms with E-state index in [1.165, 1.54) is 11.1 Å². The van der Waals surface area contributed by atoms with Crippen molar-refractivity contribution in [3.05, 3.63) is 11.1 Å². The Labute approximate surface area is 87.3 Å². The summed E-state index contributed by atoms with van der Waals surface area (Å²) in [5.74, 6) is 0. The Bertz CT molecular complexity index is 295. The van der Waals surface area contributed by atoms with E-state index in [9.17, 15) is 0 Å². The molecule has 0 amide bonds. The summed E-state index contributed by atoms with van der Waals surface area (Å²) in [6.45, 7) is 13.7. The summed E-state index contributed by atoms with van der Waals surface area (Å²) < 4.78 is 0. The minimum Gasteiger partial charge on any atom is -0.321 e. The number of rotatable bonds is 1. The maximum Gasteiger partial charge on any atom is 0.0607 e. The Kier molecular flexibility index (Phi) is 2.61. The van der Waals surface area contributed by atoms with Gasteiger partial charge in [-0.3, -0.25) is 4.99 Å². The molecule has 0 saturated carbocycles. The highest BCUT2D eigenvalue weighted by molar-refractivity contribution is 6.09. The molecule has 2 heteroatoms. The molecule has 2 N–H and O–H groups in total. The van der Waals surface area contributed by atoms with Crippen LogP contribution in [0.1, 0.15) is 41.5 Å². The molecule has 0 atom stereocenters. The van der Waals surface area contributed by atoms with Crippen LogP contribution >= 0.6 is 0 Å². The van der Waals surface area contributed by atoms with Crippen LogP contribution in [0.4, 0.5) is 0 Å². The van der Waals surface area contributed by atoms with Crippen molar-refractivity contribution in [2.45, 2.75) is 47.1 Å². The minimum absolute atomic E-state index is 0.149. The summed E-state index contributed by atoms with van der Waals surface area (Å²) in [4.78, 5) is 4.55. The largest absolute Gasteiger partial charge is 0.321 e. The average Bonchev–Trinajstić information content (AvgIpc) is 2.27. The predicted molar refractivity (Wildman–Crippen MR) is 62.7 cm³/mol. The molecule has 1 aliphatic rings. The maximum atomic E-state index is 6.13. The zero-order valence-corrected chi connectivity index (χ0v) is 10.2. The molecule has 2 nitrogen and oxygen atoms in total. The molecule has 1 rings (SSSR count). The van der Waals surface area contributed by atoms with E-state index in [0.29, 0.717) is 0 Å². The van der Waals surface area contributed by atoms with Crippen molar-refractivity contribution in [3.63, 3.8) is 0 Å². The van der Waals surface area contributed by atoms with Crippen molar-refractivity contribution in [2.75, 3.05) is 6.54 Å². The first-order valence-corrected chi connectivity index (χ1v) is 5.18. The molecule has 0 fully saturated rings. The van der Waals surface area contributed by atoms with Gasteiger partial charge in [-0.25, -0.2) is 0 Å². The second-order valence-corrected chi connectivity index (χ2v) is 5.79. The topological polar surface area (TPSA) is 38.4 Å². The maximum absolute atomic E-state index is 6.13. The van der Waals surface area contributed by atoms with Crippen molar-refractivity contribution in [2.24, 2.45) is 16.1 Å². The summed E-state index contributed by atoms with van der Waals surface area (Å²) in [7, 11) is 0. The molecule has 80 valence electrons. The van der Waals surface area contributed by atoms with Gasteiger partial charge in [0, 0.05) is 0 Å². The fraction of sp³-hybridized carbons (Fsp3) is 0.750. The van der Waals surface area contributed by atoms with Gasteiger partial charge in [0.15, 0.2) is 0 Å². The molecular formula is C12H22N2. The van der Waals surface area contributed by atoms with Crippen molar-refractivity contribution < 1.29 is 0 Å². The standard InChI is InChI=1S/C12H22N2/c1-8-7-14-10(12(5,6)13)9(8)11(2,3)4/h7,13H2,1-6H3. The Morgan fingerprint density at radius 3 is 1.93 bits per heavy atom. The van der Waals surface area contributed by atoms with E-state index in [2.05, 4.69) is 32.7 Å². The van der Waals surface area contributed by atoms with E-state index < -0.39 is 0 Å². The van der Waals surface area contributed by atoms with Crippen molar-refractivity contribution >= 4 is 5.71 Å². The predicted octanol–water partition coefficient (Wildman–Crippen LogP) is 2.54. The lowest BCUT2D eigenvalue weighted by molar-refractivity contribution is 0.513. The van der Waals surface area contributed by atoms with E-state index in [1.54, 1.807) is 0 Å². The van der Waals surface area contributed by atoms with Gasteiger partial charge in [-0.15, -0.1) is 0 Å². The highest BCUT2D eigenvalue weighted by Crippen LogP contribution is 2.35. The van der Waals surface area contributed by atoms with E-state index in [4.69, 9.17) is 5.73 Å². The summed E-state index contributed by atoms with van der Waals surface area (Å²) in [6, 6.07) is 0. The minimum atomic E-state index is -0.319. The third kappa shape index (κ3) is 2.06. The van der Waals surface area contributed by atoms with Crippen LogP contribution in [0.15, 0.2) is 16.1 Å². The summed E-state index contributed by atoms with van der Waals surface area (Å²) in [6.07, 6.45) is 0. The van der Waals surface area contributed by atoms with Crippen LogP contribution in [0.3, 0.4) is 0 Å². The molecule has 0 aliphatic carbocycles. The molecule has 1 aliphatic heterocycles. The molecule has 0 radical (unpaired) electrons. The van der Waals surface area contributed by atoms with Crippen LogP contribution in [-0.2, 0) is 0 Å². The molecular weight excluding hydrogens is 172 g/mol. The normalized spacial score (nSPS) is 18.9. The number of hydrogen-bond donors (Lipinski definition) is 1. The van der Waals surface area contributed by atoms with Crippen molar-refractivity contribution in [1.29, 1.82) is 0 Å². The monoisotopic (exact) mass is 194 g/mol. The van der Waals surface area contributed by atoms with E-state index in [-0.39, 0.29) is 11.0 Å². The SMILES string of the molecule is CC1=C(C(C)(C)C)C(C(C)(C)N)=NC1. The molecule has 1 heterocycles. The summed E-state index contributed by atoms with van der Waals surface area (Å²) >= 11 is 0. The molecule has 0 aromatic heterocycles. The Morgan fingerprint density at radius 2 is 1.64 bits per heavy atom. The molecule has 0 aromatic rings. The van der Waals surface area contributed by atoms with Crippen LogP contribution in [0, 0.1) is 5.41 Å². The Balaban J connectivity index is 3.15. The first-order chi connectivity index (χ1) is 6.14. The fourth-order valence-electron chi connectivity index (χ4n) is 2.08. The smallest absolute Gasteiger partial charge is 0.0607 e. The van der Waals surface area contributed by atoms with Crippen molar-refractivity contribution in [1.82, 2.24) is 0 Å². The zero-order valence-electron chi connectivity index (χ0n) is 10.2.